The molecule has 1 heteroatoms. The third-order valence-corrected chi connectivity index (χ3v) is 2.78. The largest absolute Gasteiger partial charge is 0.378 e. The van der Waals surface area contributed by atoms with Crippen LogP contribution in [0.4, 0.5) is 0 Å². The molecule has 0 amide bonds. The fourth-order valence-electron chi connectivity index (χ4n) is 1.77. The topological polar surface area (TPSA) is 3.24 Å². The minimum Gasteiger partial charge on any atom is -0.378 e. The lowest BCUT2D eigenvalue weighted by Crippen LogP contribution is -2.31. The number of hydrogen-bond acceptors (Lipinski definition) is 1. The van der Waals surface area contributed by atoms with Crippen LogP contribution in [-0.2, 0) is 0 Å². The molecule has 0 bridgehead atoms. The summed E-state index contributed by atoms with van der Waals surface area (Å²) in [6, 6.07) is 0. The van der Waals surface area contributed by atoms with Gasteiger partial charge in [-0.2, -0.15) is 0 Å². The Morgan fingerprint density at radius 2 is 1.91 bits per heavy atom. The van der Waals surface area contributed by atoms with Crippen molar-refractivity contribution < 1.29 is 0 Å². The van der Waals surface area contributed by atoms with E-state index in [4.69, 9.17) is 0 Å². The molecule has 0 unspecified atom stereocenters. The van der Waals surface area contributed by atoms with Crippen molar-refractivity contribution in [2.24, 2.45) is 11.8 Å². The maximum atomic E-state index is 3.78. The van der Waals surface area contributed by atoms with Gasteiger partial charge in [0.25, 0.3) is 0 Å². The SMILES string of the molecule is C=CN1CCC(C(C)C)CC1. The van der Waals surface area contributed by atoms with E-state index in [1.807, 2.05) is 6.20 Å². The van der Waals surface area contributed by atoms with Crippen LogP contribution in [0, 0.1) is 11.8 Å². The molecule has 1 fully saturated rings. The van der Waals surface area contributed by atoms with E-state index in [0.717, 1.165) is 11.8 Å². The third kappa shape index (κ3) is 2.25. The summed E-state index contributed by atoms with van der Waals surface area (Å²) in [5.74, 6) is 1.81. The average molecular weight is 153 g/mol. The van der Waals surface area contributed by atoms with Gasteiger partial charge >= 0.3 is 0 Å². The standard InChI is InChI=1S/C10H19N/c1-4-11-7-5-10(6-8-11)9(2)3/h4,9-10H,1,5-8H2,2-3H3. The first kappa shape index (κ1) is 8.63. The Bertz CT molecular complexity index is 121. The minimum absolute atomic E-state index is 0.863. The van der Waals surface area contributed by atoms with Gasteiger partial charge in [0.2, 0.25) is 0 Å². The van der Waals surface area contributed by atoms with Crippen molar-refractivity contribution in [1.82, 2.24) is 4.90 Å². The molecular formula is C10H19N. The Morgan fingerprint density at radius 3 is 2.27 bits per heavy atom. The normalized spacial score (nSPS) is 20.8. The molecule has 11 heavy (non-hydrogen) atoms. The van der Waals surface area contributed by atoms with Gasteiger partial charge in [-0.3, -0.25) is 0 Å². The van der Waals surface area contributed by atoms with Gasteiger partial charge in [-0.05, 0) is 30.9 Å². The molecule has 0 aromatic heterocycles. The van der Waals surface area contributed by atoms with Crippen LogP contribution in [0.25, 0.3) is 0 Å². The number of rotatable bonds is 2. The lowest BCUT2D eigenvalue weighted by Gasteiger charge is -2.32. The van der Waals surface area contributed by atoms with Gasteiger partial charge < -0.3 is 4.90 Å². The Balaban J connectivity index is 2.29. The van der Waals surface area contributed by atoms with E-state index in [2.05, 4.69) is 25.3 Å². The van der Waals surface area contributed by atoms with Crippen molar-refractivity contribution in [2.45, 2.75) is 26.7 Å². The van der Waals surface area contributed by atoms with E-state index in [1.165, 1.54) is 25.9 Å². The van der Waals surface area contributed by atoms with Crippen LogP contribution in [-0.4, -0.2) is 18.0 Å². The van der Waals surface area contributed by atoms with Gasteiger partial charge in [0.1, 0.15) is 0 Å². The molecule has 0 radical (unpaired) electrons. The van der Waals surface area contributed by atoms with Crippen LogP contribution in [0.5, 0.6) is 0 Å². The highest BCUT2D eigenvalue weighted by atomic mass is 15.1. The first-order valence-electron chi connectivity index (χ1n) is 4.60. The summed E-state index contributed by atoms with van der Waals surface area (Å²) in [7, 11) is 0. The predicted molar refractivity (Wildman–Crippen MR) is 49.3 cm³/mol. The summed E-state index contributed by atoms with van der Waals surface area (Å²) in [5, 5.41) is 0. The average Bonchev–Trinajstić information content (AvgIpc) is 2.05. The van der Waals surface area contributed by atoms with Crippen molar-refractivity contribution >= 4 is 0 Å². The zero-order valence-electron chi connectivity index (χ0n) is 7.71. The molecule has 1 rings (SSSR count). The molecule has 1 nitrogen and oxygen atoms in total. The van der Waals surface area contributed by atoms with Crippen LogP contribution in [0.3, 0.4) is 0 Å². The smallest absolute Gasteiger partial charge is 0.0175 e. The summed E-state index contributed by atoms with van der Waals surface area (Å²) in [6.45, 7) is 10.9. The molecule has 64 valence electrons. The van der Waals surface area contributed by atoms with E-state index in [-0.39, 0.29) is 0 Å². The van der Waals surface area contributed by atoms with Gasteiger partial charge in [0, 0.05) is 13.1 Å². The molecule has 0 aliphatic carbocycles. The summed E-state index contributed by atoms with van der Waals surface area (Å²) in [4.78, 5) is 2.32. The van der Waals surface area contributed by atoms with Crippen molar-refractivity contribution in [1.29, 1.82) is 0 Å². The van der Waals surface area contributed by atoms with Crippen molar-refractivity contribution in [3.63, 3.8) is 0 Å². The van der Waals surface area contributed by atoms with E-state index in [0.29, 0.717) is 0 Å². The quantitative estimate of drug-likeness (QED) is 0.589. The van der Waals surface area contributed by atoms with Gasteiger partial charge in [-0.15, -0.1) is 0 Å². The van der Waals surface area contributed by atoms with Gasteiger partial charge in [-0.25, -0.2) is 0 Å². The molecular weight excluding hydrogens is 134 g/mol. The Morgan fingerprint density at radius 1 is 1.36 bits per heavy atom. The van der Waals surface area contributed by atoms with Crippen LogP contribution < -0.4 is 0 Å². The fraction of sp³-hybridized carbons (Fsp3) is 0.800. The minimum atomic E-state index is 0.863. The Kier molecular flexibility index (Phi) is 2.98. The number of likely N-dealkylation sites (tertiary alicyclic amines) is 1. The van der Waals surface area contributed by atoms with Crippen molar-refractivity contribution in [3.05, 3.63) is 12.8 Å². The molecule has 1 aliphatic rings. The zero-order chi connectivity index (χ0) is 8.27. The van der Waals surface area contributed by atoms with Crippen molar-refractivity contribution in [2.75, 3.05) is 13.1 Å². The molecule has 0 aromatic rings. The number of hydrogen-bond donors (Lipinski definition) is 0. The van der Waals surface area contributed by atoms with Crippen LogP contribution in [0.1, 0.15) is 26.7 Å². The Labute approximate surface area is 70.1 Å². The van der Waals surface area contributed by atoms with Gasteiger partial charge in [0.05, 0.1) is 0 Å². The molecule has 1 saturated heterocycles. The van der Waals surface area contributed by atoms with Crippen LogP contribution in [0.2, 0.25) is 0 Å². The zero-order valence-corrected chi connectivity index (χ0v) is 7.71. The summed E-state index contributed by atoms with van der Waals surface area (Å²) in [6.07, 6.45) is 4.67. The highest BCUT2D eigenvalue weighted by Gasteiger charge is 2.18. The molecule has 1 heterocycles. The lowest BCUT2D eigenvalue weighted by molar-refractivity contribution is 0.203. The number of piperidine rings is 1. The molecule has 0 N–H and O–H groups in total. The van der Waals surface area contributed by atoms with E-state index >= 15 is 0 Å². The van der Waals surface area contributed by atoms with E-state index < -0.39 is 0 Å². The highest BCUT2D eigenvalue weighted by molar-refractivity contribution is 4.79. The summed E-state index contributed by atoms with van der Waals surface area (Å²) in [5.41, 5.74) is 0. The second kappa shape index (κ2) is 3.80. The second-order valence-corrected chi connectivity index (χ2v) is 3.80. The maximum absolute atomic E-state index is 3.78. The monoisotopic (exact) mass is 153 g/mol. The third-order valence-electron chi connectivity index (χ3n) is 2.78. The molecule has 0 atom stereocenters. The maximum Gasteiger partial charge on any atom is 0.0175 e. The van der Waals surface area contributed by atoms with Gasteiger partial charge in [-0.1, -0.05) is 20.4 Å². The molecule has 0 aromatic carbocycles. The second-order valence-electron chi connectivity index (χ2n) is 3.80. The lowest BCUT2D eigenvalue weighted by atomic mass is 9.87. The van der Waals surface area contributed by atoms with E-state index in [9.17, 15) is 0 Å². The fourth-order valence-corrected chi connectivity index (χ4v) is 1.77. The van der Waals surface area contributed by atoms with Crippen molar-refractivity contribution in [3.8, 4) is 0 Å². The molecule has 1 aliphatic heterocycles. The molecule has 0 saturated carbocycles. The molecule has 0 spiro atoms. The van der Waals surface area contributed by atoms with Crippen LogP contribution >= 0.6 is 0 Å². The highest BCUT2D eigenvalue weighted by Crippen LogP contribution is 2.23. The van der Waals surface area contributed by atoms with Crippen LogP contribution in [0.15, 0.2) is 12.8 Å². The first-order chi connectivity index (χ1) is 5.24. The predicted octanol–water partition coefficient (Wildman–Crippen LogP) is 2.50. The van der Waals surface area contributed by atoms with E-state index in [1.54, 1.807) is 0 Å². The first-order valence-corrected chi connectivity index (χ1v) is 4.60. The number of nitrogens with zero attached hydrogens (tertiary/aromatic N) is 1. The van der Waals surface area contributed by atoms with Gasteiger partial charge in [0.15, 0.2) is 0 Å². The Hall–Kier alpha value is -0.460. The summed E-state index contributed by atoms with van der Waals surface area (Å²) < 4.78 is 0. The summed E-state index contributed by atoms with van der Waals surface area (Å²) >= 11 is 0.